The van der Waals surface area contributed by atoms with Crippen LogP contribution in [0.3, 0.4) is 0 Å². The van der Waals surface area contributed by atoms with Crippen LogP contribution in [0.4, 0.5) is 4.39 Å². The van der Waals surface area contributed by atoms with Gasteiger partial charge in [-0.2, -0.15) is 0 Å². The molecule has 31 heavy (non-hydrogen) atoms. The summed E-state index contributed by atoms with van der Waals surface area (Å²) in [5.41, 5.74) is 3.19. The summed E-state index contributed by atoms with van der Waals surface area (Å²) in [6, 6.07) is 4.72. The number of ketones is 1. The molecule has 0 saturated heterocycles. The predicted octanol–water partition coefficient (Wildman–Crippen LogP) is 7.39. The van der Waals surface area contributed by atoms with Crippen molar-refractivity contribution in [2.45, 2.75) is 72.0 Å². The van der Waals surface area contributed by atoms with Crippen molar-refractivity contribution in [3.63, 3.8) is 0 Å². The van der Waals surface area contributed by atoms with Crippen LogP contribution in [0.25, 0.3) is 21.3 Å². The Kier molecular flexibility index (Phi) is 5.97. The number of fused-ring (bicyclic) bond motifs is 3. The highest BCUT2D eigenvalue weighted by Crippen LogP contribution is 2.46. The van der Waals surface area contributed by atoms with Gasteiger partial charge in [-0.1, -0.05) is 11.6 Å². The molecule has 3 aromatic rings. The molecule has 0 radical (unpaired) electrons. The van der Waals surface area contributed by atoms with E-state index in [9.17, 15) is 4.79 Å². The number of hydrogen-bond acceptors (Lipinski definition) is 4. The van der Waals surface area contributed by atoms with E-state index in [4.69, 9.17) is 21.3 Å². The van der Waals surface area contributed by atoms with E-state index >= 15 is 4.39 Å². The third-order valence-corrected chi connectivity index (χ3v) is 7.06. The monoisotopic (exact) mass is 459 g/mol. The zero-order valence-corrected chi connectivity index (χ0v) is 20.1. The van der Waals surface area contributed by atoms with E-state index in [1.165, 1.54) is 23.4 Å². The fourth-order valence-electron chi connectivity index (χ4n) is 4.41. The molecule has 6 heteroatoms. The SMILES string of the molecule is CC(=O)[C@@H](OC(C)(C)C)c1c(C)nc2sc3c(c2c1-c1ccc(Cl)cc1F)CCCC3. The van der Waals surface area contributed by atoms with Crippen LogP contribution in [0.1, 0.15) is 68.3 Å². The van der Waals surface area contributed by atoms with Crippen molar-refractivity contribution in [2.24, 2.45) is 0 Å². The predicted molar refractivity (Wildman–Crippen MR) is 126 cm³/mol. The summed E-state index contributed by atoms with van der Waals surface area (Å²) in [6.07, 6.45) is 3.37. The summed E-state index contributed by atoms with van der Waals surface area (Å²) in [5.74, 6) is -0.534. The highest BCUT2D eigenvalue weighted by Gasteiger charge is 2.33. The summed E-state index contributed by atoms with van der Waals surface area (Å²) in [7, 11) is 0. The van der Waals surface area contributed by atoms with Gasteiger partial charge in [-0.15, -0.1) is 11.3 Å². The second kappa shape index (κ2) is 8.27. The molecule has 2 heterocycles. The van der Waals surface area contributed by atoms with Crippen LogP contribution in [-0.2, 0) is 22.4 Å². The first-order chi connectivity index (χ1) is 14.6. The molecule has 0 saturated carbocycles. The number of thiophene rings is 1. The molecule has 1 aliphatic carbocycles. The molecule has 1 aromatic carbocycles. The first-order valence-corrected chi connectivity index (χ1v) is 11.8. The van der Waals surface area contributed by atoms with Crippen LogP contribution >= 0.6 is 22.9 Å². The van der Waals surface area contributed by atoms with Gasteiger partial charge in [0.15, 0.2) is 5.78 Å². The number of rotatable bonds is 4. The van der Waals surface area contributed by atoms with E-state index in [2.05, 4.69) is 0 Å². The Balaban J connectivity index is 2.12. The topological polar surface area (TPSA) is 39.2 Å². The van der Waals surface area contributed by atoms with E-state index < -0.39 is 17.5 Å². The molecule has 0 N–H and O–H groups in total. The fourth-order valence-corrected chi connectivity index (χ4v) is 5.88. The lowest BCUT2D eigenvalue weighted by molar-refractivity contribution is -0.138. The van der Waals surface area contributed by atoms with Gasteiger partial charge in [0.2, 0.25) is 0 Å². The highest BCUT2D eigenvalue weighted by molar-refractivity contribution is 7.19. The van der Waals surface area contributed by atoms with Gasteiger partial charge in [0.1, 0.15) is 16.8 Å². The van der Waals surface area contributed by atoms with Crippen LogP contribution in [0.15, 0.2) is 18.2 Å². The number of pyridine rings is 1. The molecule has 2 aromatic heterocycles. The van der Waals surface area contributed by atoms with E-state index in [0.717, 1.165) is 41.5 Å². The molecule has 3 nitrogen and oxygen atoms in total. The van der Waals surface area contributed by atoms with Gasteiger partial charge < -0.3 is 4.74 Å². The number of Topliss-reactive ketones (excluding diaryl/α,β-unsaturated/α-hetero) is 1. The number of hydrogen-bond donors (Lipinski definition) is 0. The van der Waals surface area contributed by atoms with Gasteiger partial charge in [0, 0.05) is 37.7 Å². The number of halogens is 2. The molecule has 0 spiro atoms. The molecule has 164 valence electrons. The maximum atomic E-state index is 15.3. The van der Waals surface area contributed by atoms with Gasteiger partial charge in [0.05, 0.1) is 5.60 Å². The molecule has 1 aliphatic rings. The van der Waals surface area contributed by atoms with Crippen LogP contribution in [-0.4, -0.2) is 16.4 Å². The van der Waals surface area contributed by atoms with Gasteiger partial charge in [-0.25, -0.2) is 9.37 Å². The first-order valence-electron chi connectivity index (χ1n) is 10.6. The zero-order chi connectivity index (χ0) is 22.5. The number of carbonyl (C=O) groups is 1. The van der Waals surface area contributed by atoms with Gasteiger partial charge in [-0.05, 0) is 84.1 Å². The third-order valence-electron chi connectivity index (χ3n) is 5.63. The second-order valence-corrected chi connectivity index (χ2v) is 10.7. The third kappa shape index (κ3) is 4.28. The smallest absolute Gasteiger partial charge is 0.163 e. The van der Waals surface area contributed by atoms with Gasteiger partial charge >= 0.3 is 0 Å². The van der Waals surface area contributed by atoms with Crippen LogP contribution < -0.4 is 0 Å². The Labute approximate surface area is 191 Å². The molecule has 0 unspecified atom stereocenters. The summed E-state index contributed by atoms with van der Waals surface area (Å²) >= 11 is 7.75. The van der Waals surface area contributed by atoms with E-state index in [-0.39, 0.29) is 5.78 Å². The number of carbonyl (C=O) groups excluding carboxylic acids is 1. The van der Waals surface area contributed by atoms with E-state index in [1.54, 1.807) is 23.5 Å². The number of ether oxygens (including phenoxy) is 1. The maximum Gasteiger partial charge on any atom is 0.163 e. The second-order valence-electron chi connectivity index (χ2n) is 9.22. The lowest BCUT2D eigenvalue weighted by Crippen LogP contribution is -2.27. The average Bonchev–Trinajstić information content (AvgIpc) is 3.02. The first kappa shape index (κ1) is 22.4. The summed E-state index contributed by atoms with van der Waals surface area (Å²) in [5, 5.41) is 1.30. The van der Waals surface area contributed by atoms with Crippen LogP contribution in [0, 0.1) is 12.7 Å². The van der Waals surface area contributed by atoms with Gasteiger partial charge in [0.25, 0.3) is 0 Å². The van der Waals surface area contributed by atoms with Crippen molar-refractivity contribution < 1.29 is 13.9 Å². The Morgan fingerprint density at radius 3 is 2.61 bits per heavy atom. The lowest BCUT2D eigenvalue weighted by Gasteiger charge is -2.29. The number of nitrogens with zero attached hydrogens (tertiary/aromatic N) is 1. The zero-order valence-electron chi connectivity index (χ0n) is 18.6. The van der Waals surface area contributed by atoms with Crippen molar-refractivity contribution in [2.75, 3.05) is 0 Å². The molecule has 0 aliphatic heterocycles. The van der Waals surface area contributed by atoms with E-state index in [1.807, 2.05) is 27.7 Å². The molecular formula is C25H27ClFNO2S. The molecular weight excluding hydrogens is 433 g/mol. The van der Waals surface area contributed by atoms with Crippen molar-refractivity contribution in [1.82, 2.24) is 4.98 Å². The standard InChI is InChI=1S/C25H27ClFNO2S/c1-13-20(23(14(2)29)30-25(3,4)5)21(16-11-10-15(26)12-18(16)27)22-17-8-6-7-9-19(17)31-24(22)28-13/h10-12,23H,6-9H2,1-5H3/t23-/m1/s1. The fraction of sp³-hybridized carbons (Fsp3) is 0.440. The van der Waals surface area contributed by atoms with Crippen molar-refractivity contribution >= 4 is 38.9 Å². The molecule has 0 fully saturated rings. The normalized spacial score (nSPS) is 15.2. The van der Waals surface area contributed by atoms with Crippen molar-refractivity contribution in [3.8, 4) is 11.1 Å². The molecule has 0 bridgehead atoms. The van der Waals surface area contributed by atoms with Crippen molar-refractivity contribution in [1.29, 1.82) is 0 Å². The van der Waals surface area contributed by atoms with Crippen LogP contribution in [0.5, 0.6) is 0 Å². The highest BCUT2D eigenvalue weighted by atomic mass is 35.5. The minimum absolute atomic E-state index is 0.126. The van der Waals surface area contributed by atoms with Gasteiger partial charge in [-0.3, -0.25) is 4.79 Å². The minimum atomic E-state index is -0.832. The molecule has 4 rings (SSSR count). The average molecular weight is 460 g/mol. The summed E-state index contributed by atoms with van der Waals surface area (Å²) in [4.78, 5) is 19.9. The van der Waals surface area contributed by atoms with E-state index in [0.29, 0.717) is 21.8 Å². The summed E-state index contributed by atoms with van der Waals surface area (Å²) in [6.45, 7) is 9.15. The Bertz CT molecular complexity index is 1180. The van der Waals surface area contributed by atoms with Crippen molar-refractivity contribution in [3.05, 3.63) is 50.7 Å². The number of benzene rings is 1. The quantitative estimate of drug-likeness (QED) is 0.408. The lowest BCUT2D eigenvalue weighted by atomic mass is 9.87. The Morgan fingerprint density at radius 2 is 1.97 bits per heavy atom. The Morgan fingerprint density at radius 1 is 1.26 bits per heavy atom. The molecule has 1 atom stereocenters. The van der Waals surface area contributed by atoms with Crippen LogP contribution in [0.2, 0.25) is 5.02 Å². The Hall–Kier alpha value is -1.82. The summed E-state index contributed by atoms with van der Waals surface area (Å²) < 4.78 is 21.5. The minimum Gasteiger partial charge on any atom is -0.360 e. The largest absolute Gasteiger partial charge is 0.360 e. The maximum absolute atomic E-state index is 15.3. The number of aromatic nitrogens is 1. The molecule has 0 amide bonds. The number of aryl methyl sites for hydroxylation is 3.